The molecule has 1 heterocycles. The number of methoxy groups -OCH3 is 1. The molecule has 1 unspecified atom stereocenters. The molecule has 2 N–H and O–H groups in total. The van der Waals surface area contributed by atoms with Crippen molar-refractivity contribution in [3.63, 3.8) is 0 Å². The molecule has 0 saturated heterocycles. The number of nitrogens with zero attached hydrogens (tertiary/aromatic N) is 2. The molecule has 0 radical (unpaired) electrons. The van der Waals surface area contributed by atoms with Crippen molar-refractivity contribution in [1.82, 2.24) is 9.97 Å². The van der Waals surface area contributed by atoms with E-state index in [-0.39, 0.29) is 5.92 Å². The van der Waals surface area contributed by atoms with Gasteiger partial charge in [-0.05, 0) is 0 Å². The van der Waals surface area contributed by atoms with Gasteiger partial charge in [0.25, 0.3) is 0 Å². The number of ether oxygens (including phenoxy) is 1. The fourth-order valence-corrected chi connectivity index (χ4v) is 0.791. The van der Waals surface area contributed by atoms with Crippen LogP contribution in [-0.4, -0.2) is 23.6 Å². The average molecular weight is 167 g/mol. The Balaban J connectivity index is 2.77. The number of hydrogen-bond donors (Lipinski definition) is 1. The van der Waals surface area contributed by atoms with E-state index in [1.807, 2.05) is 6.92 Å². The van der Waals surface area contributed by atoms with Crippen LogP contribution < -0.4 is 10.5 Å². The quantitative estimate of drug-likeness (QED) is 0.714. The van der Waals surface area contributed by atoms with Crippen LogP contribution in [0.4, 0.5) is 0 Å². The van der Waals surface area contributed by atoms with Crippen LogP contribution in [0.15, 0.2) is 12.4 Å². The van der Waals surface area contributed by atoms with Crippen LogP contribution in [0.25, 0.3) is 0 Å². The maximum Gasteiger partial charge on any atom is 0.155 e. The summed E-state index contributed by atoms with van der Waals surface area (Å²) < 4.78 is 4.93. The topological polar surface area (TPSA) is 61.0 Å². The Morgan fingerprint density at radius 2 is 2.08 bits per heavy atom. The second kappa shape index (κ2) is 4.01. The van der Waals surface area contributed by atoms with E-state index in [9.17, 15) is 0 Å². The van der Waals surface area contributed by atoms with Crippen molar-refractivity contribution in [3.05, 3.63) is 18.2 Å². The van der Waals surface area contributed by atoms with Crippen molar-refractivity contribution in [2.45, 2.75) is 12.8 Å². The third-order valence-electron chi connectivity index (χ3n) is 1.68. The molecule has 66 valence electrons. The lowest BCUT2D eigenvalue weighted by Crippen LogP contribution is -2.11. The van der Waals surface area contributed by atoms with Crippen LogP contribution >= 0.6 is 0 Å². The van der Waals surface area contributed by atoms with Gasteiger partial charge in [0.1, 0.15) is 5.82 Å². The molecule has 0 fully saturated rings. The van der Waals surface area contributed by atoms with Gasteiger partial charge in [0.05, 0.1) is 19.5 Å². The minimum atomic E-state index is 0.205. The van der Waals surface area contributed by atoms with Gasteiger partial charge < -0.3 is 10.5 Å². The normalized spacial score (nSPS) is 12.6. The van der Waals surface area contributed by atoms with Gasteiger partial charge in [0.2, 0.25) is 0 Å². The first-order chi connectivity index (χ1) is 5.77. The van der Waals surface area contributed by atoms with Crippen molar-refractivity contribution >= 4 is 0 Å². The maximum absolute atomic E-state index is 5.46. The molecule has 0 aliphatic rings. The van der Waals surface area contributed by atoms with Crippen molar-refractivity contribution in [2.24, 2.45) is 5.73 Å². The summed E-state index contributed by atoms with van der Waals surface area (Å²) in [6, 6.07) is 0. The predicted octanol–water partition coefficient (Wildman–Crippen LogP) is 0.547. The van der Waals surface area contributed by atoms with Crippen molar-refractivity contribution < 1.29 is 4.74 Å². The summed E-state index contributed by atoms with van der Waals surface area (Å²) in [7, 11) is 1.59. The van der Waals surface area contributed by atoms with Crippen molar-refractivity contribution in [2.75, 3.05) is 13.7 Å². The van der Waals surface area contributed by atoms with E-state index in [4.69, 9.17) is 10.5 Å². The Hall–Kier alpha value is -1.16. The number of hydrogen-bond acceptors (Lipinski definition) is 4. The molecule has 1 aromatic rings. The summed E-state index contributed by atoms with van der Waals surface area (Å²) >= 11 is 0. The van der Waals surface area contributed by atoms with E-state index in [2.05, 4.69) is 9.97 Å². The first kappa shape index (κ1) is 8.93. The molecule has 1 aromatic heterocycles. The highest BCUT2D eigenvalue weighted by Crippen LogP contribution is 2.10. The molecule has 12 heavy (non-hydrogen) atoms. The number of nitrogens with two attached hydrogens (primary N) is 1. The Kier molecular flexibility index (Phi) is 2.99. The molecular formula is C8H13N3O. The summed E-state index contributed by atoms with van der Waals surface area (Å²) in [6.45, 7) is 2.55. The van der Waals surface area contributed by atoms with Gasteiger partial charge in [-0.2, -0.15) is 0 Å². The lowest BCUT2D eigenvalue weighted by Gasteiger charge is -2.06. The first-order valence-electron chi connectivity index (χ1n) is 3.84. The zero-order valence-corrected chi connectivity index (χ0v) is 7.32. The van der Waals surface area contributed by atoms with Crippen LogP contribution in [-0.2, 0) is 0 Å². The monoisotopic (exact) mass is 167 g/mol. The SMILES string of the molecule is COc1cnc(C(C)CN)nc1. The highest BCUT2D eigenvalue weighted by atomic mass is 16.5. The lowest BCUT2D eigenvalue weighted by molar-refractivity contribution is 0.409. The van der Waals surface area contributed by atoms with Crippen LogP contribution in [0.1, 0.15) is 18.7 Å². The van der Waals surface area contributed by atoms with Crippen molar-refractivity contribution in [1.29, 1.82) is 0 Å². The Morgan fingerprint density at radius 1 is 1.50 bits per heavy atom. The highest BCUT2D eigenvalue weighted by molar-refractivity contribution is 5.13. The highest BCUT2D eigenvalue weighted by Gasteiger charge is 2.05. The second-order valence-corrected chi connectivity index (χ2v) is 2.62. The second-order valence-electron chi connectivity index (χ2n) is 2.62. The smallest absolute Gasteiger partial charge is 0.155 e. The minimum absolute atomic E-state index is 0.205. The zero-order valence-electron chi connectivity index (χ0n) is 7.32. The number of rotatable bonds is 3. The van der Waals surface area contributed by atoms with Crippen LogP contribution in [0.5, 0.6) is 5.75 Å². The lowest BCUT2D eigenvalue weighted by atomic mass is 10.2. The molecule has 0 aromatic carbocycles. The number of aromatic nitrogens is 2. The molecular weight excluding hydrogens is 154 g/mol. The largest absolute Gasteiger partial charge is 0.494 e. The first-order valence-corrected chi connectivity index (χ1v) is 3.84. The molecule has 0 amide bonds. The summed E-state index contributed by atoms with van der Waals surface area (Å²) in [5.74, 6) is 1.64. The van der Waals surface area contributed by atoms with Crippen LogP contribution in [0, 0.1) is 0 Å². The van der Waals surface area contributed by atoms with E-state index in [0.29, 0.717) is 12.3 Å². The van der Waals surface area contributed by atoms with Crippen molar-refractivity contribution in [3.8, 4) is 5.75 Å². The van der Waals surface area contributed by atoms with E-state index in [1.54, 1.807) is 19.5 Å². The van der Waals surface area contributed by atoms with Gasteiger partial charge >= 0.3 is 0 Å². The minimum Gasteiger partial charge on any atom is -0.494 e. The molecule has 4 heteroatoms. The molecule has 4 nitrogen and oxygen atoms in total. The molecule has 0 saturated carbocycles. The summed E-state index contributed by atoms with van der Waals surface area (Å²) in [5.41, 5.74) is 5.46. The molecule has 0 aliphatic carbocycles. The predicted molar refractivity (Wildman–Crippen MR) is 46.1 cm³/mol. The van der Waals surface area contributed by atoms with Gasteiger partial charge in [-0.15, -0.1) is 0 Å². The third kappa shape index (κ3) is 1.92. The summed E-state index contributed by atoms with van der Waals surface area (Å²) in [6.07, 6.45) is 3.29. The van der Waals surface area contributed by atoms with Crippen LogP contribution in [0.3, 0.4) is 0 Å². The molecule has 0 spiro atoms. The molecule has 0 bridgehead atoms. The van der Waals surface area contributed by atoms with E-state index >= 15 is 0 Å². The molecule has 1 rings (SSSR count). The van der Waals surface area contributed by atoms with Gasteiger partial charge in [-0.25, -0.2) is 9.97 Å². The molecule has 1 atom stereocenters. The fourth-order valence-electron chi connectivity index (χ4n) is 0.791. The standard InChI is InChI=1S/C8H13N3O/c1-6(3-9)8-10-4-7(12-2)5-11-8/h4-6H,3,9H2,1-2H3. The summed E-state index contributed by atoms with van der Waals surface area (Å²) in [4.78, 5) is 8.21. The summed E-state index contributed by atoms with van der Waals surface area (Å²) in [5, 5.41) is 0. The Morgan fingerprint density at radius 3 is 2.50 bits per heavy atom. The molecule has 0 aliphatic heterocycles. The Bertz CT molecular complexity index is 235. The van der Waals surface area contributed by atoms with Gasteiger partial charge in [0, 0.05) is 12.5 Å². The average Bonchev–Trinajstić information content (AvgIpc) is 2.17. The van der Waals surface area contributed by atoms with Gasteiger partial charge in [0.15, 0.2) is 5.75 Å². The third-order valence-corrected chi connectivity index (χ3v) is 1.68. The van der Waals surface area contributed by atoms with Gasteiger partial charge in [-0.1, -0.05) is 6.92 Å². The maximum atomic E-state index is 5.46. The van der Waals surface area contributed by atoms with E-state index in [1.165, 1.54) is 0 Å². The van der Waals surface area contributed by atoms with E-state index < -0.39 is 0 Å². The zero-order chi connectivity index (χ0) is 8.97. The van der Waals surface area contributed by atoms with E-state index in [0.717, 1.165) is 5.82 Å². The fraction of sp³-hybridized carbons (Fsp3) is 0.500. The van der Waals surface area contributed by atoms with Crippen LogP contribution in [0.2, 0.25) is 0 Å². The van der Waals surface area contributed by atoms with Gasteiger partial charge in [-0.3, -0.25) is 0 Å². The Labute approximate surface area is 71.8 Å².